The van der Waals surface area contributed by atoms with Crippen LogP contribution >= 0.6 is 15.9 Å². The van der Waals surface area contributed by atoms with Crippen LogP contribution in [0.5, 0.6) is 11.5 Å². The molecule has 0 heterocycles. The van der Waals surface area contributed by atoms with E-state index in [-0.39, 0.29) is 12.4 Å². The zero-order chi connectivity index (χ0) is 14.5. The molecule has 0 radical (unpaired) electrons. The molecule has 2 rings (SSSR count). The number of ether oxygens (including phenoxy) is 2. The number of nitriles is 1. The summed E-state index contributed by atoms with van der Waals surface area (Å²) in [5.41, 5.74) is 1.09. The third kappa shape index (κ3) is 3.28. The van der Waals surface area contributed by atoms with Crippen LogP contribution in [0.25, 0.3) is 0 Å². The van der Waals surface area contributed by atoms with Crippen LogP contribution in [-0.4, -0.2) is 7.11 Å². The summed E-state index contributed by atoms with van der Waals surface area (Å²) in [4.78, 5) is 0. The Morgan fingerprint density at radius 1 is 1.20 bits per heavy atom. The van der Waals surface area contributed by atoms with Crippen molar-refractivity contribution in [2.24, 2.45) is 0 Å². The number of hydrogen-bond acceptors (Lipinski definition) is 3. The van der Waals surface area contributed by atoms with Gasteiger partial charge in [-0.1, -0.05) is 22.0 Å². The first-order valence-electron chi connectivity index (χ1n) is 5.79. The number of rotatable bonds is 4. The number of nitrogens with zero attached hydrogens (tertiary/aromatic N) is 1. The van der Waals surface area contributed by atoms with E-state index in [2.05, 4.69) is 22.0 Å². The molecule has 0 atom stereocenters. The molecule has 0 N–H and O–H groups in total. The van der Waals surface area contributed by atoms with Crippen molar-refractivity contribution < 1.29 is 13.9 Å². The van der Waals surface area contributed by atoms with E-state index in [9.17, 15) is 4.39 Å². The van der Waals surface area contributed by atoms with Crippen molar-refractivity contribution in [3.63, 3.8) is 0 Å². The van der Waals surface area contributed by atoms with Gasteiger partial charge in [0.05, 0.1) is 12.7 Å². The van der Waals surface area contributed by atoms with E-state index >= 15 is 0 Å². The predicted octanol–water partition coefficient (Wildman–Crippen LogP) is 4.05. The fourth-order valence-corrected chi connectivity index (χ4v) is 2.04. The zero-order valence-electron chi connectivity index (χ0n) is 10.7. The summed E-state index contributed by atoms with van der Waals surface area (Å²) in [7, 11) is 1.41. The molecule has 2 aromatic carbocycles. The van der Waals surface area contributed by atoms with Gasteiger partial charge in [0.1, 0.15) is 18.4 Å². The molecule has 0 bridgehead atoms. The number of hydrogen-bond donors (Lipinski definition) is 0. The van der Waals surface area contributed by atoms with E-state index in [1.54, 1.807) is 30.3 Å². The molecule has 5 heteroatoms. The third-order valence-electron chi connectivity index (χ3n) is 2.67. The molecule has 0 aromatic heterocycles. The molecule has 20 heavy (non-hydrogen) atoms. The van der Waals surface area contributed by atoms with Gasteiger partial charge in [-0.05, 0) is 35.9 Å². The predicted molar refractivity (Wildman–Crippen MR) is 76.1 cm³/mol. The van der Waals surface area contributed by atoms with E-state index in [1.807, 2.05) is 0 Å². The van der Waals surface area contributed by atoms with Gasteiger partial charge in [-0.15, -0.1) is 0 Å². The minimum atomic E-state index is -0.440. The minimum absolute atomic E-state index is 0.178. The van der Waals surface area contributed by atoms with Gasteiger partial charge in [-0.3, -0.25) is 0 Å². The number of methoxy groups -OCH3 is 1. The van der Waals surface area contributed by atoms with E-state index < -0.39 is 5.82 Å². The smallest absolute Gasteiger partial charge is 0.165 e. The van der Waals surface area contributed by atoms with E-state index in [4.69, 9.17) is 14.7 Å². The number of halogens is 2. The molecule has 102 valence electrons. The van der Waals surface area contributed by atoms with Crippen molar-refractivity contribution in [2.45, 2.75) is 6.61 Å². The van der Waals surface area contributed by atoms with Crippen LogP contribution in [0, 0.1) is 17.1 Å². The summed E-state index contributed by atoms with van der Waals surface area (Å²) in [6, 6.07) is 11.8. The van der Waals surface area contributed by atoms with Crippen LogP contribution < -0.4 is 9.47 Å². The van der Waals surface area contributed by atoms with Crippen molar-refractivity contribution >= 4 is 15.9 Å². The van der Waals surface area contributed by atoms with Crippen molar-refractivity contribution in [3.05, 3.63) is 57.8 Å². The van der Waals surface area contributed by atoms with Gasteiger partial charge in [0.15, 0.2) is 11.6 Å². The fraction of sp³-hybridized carbons (Fsp3) is 0.133. The maximum Gasteiger partial charge on any atom is 0.165 e. The second-order valence-corrected chi connectivity index (χ2v) is 4.93. The molecule has 0 fully saturated rings. The second kappa shape index (κ2) is 6.40. The first-order valence-corrected chi connectivity index (χ1v) is 6.58. The standard InChI is InChI=1S/C15H11BrFNO2/c1-19-15-4-2-10(6-13(15)17)9-20-14-5-3-12(16)7-11(14)8-18/h2-7H,9H2,1H3. The lowest BCUT2D eigenvalue weighted by atomic mass is 10.2. The Morgan fingerprint density at radius 3 is 2.60 bits per heavy atom. The lowest BCUT2D eigenvalue weighted by Crippen LogP contribution is -1.98. The highest BCUT2D eigenvalue weighted by atomic mass is 79.9. The summed E-state index contributed by atoms with van der Waals surface area (Å²) >= 11 is 3.29. The molecule has 3 nitrogen and oxygen atoms in total. The summed E-state index contributed by atoms with van der Waals surface area (Å²) in [5, 5.41) is 9.03. The summed E-state index contributed by atoms with van der Waals surface area (Å²) in [6.07, 6.45) is 0. The van der Waals surface area contributed by atoms with Gasteiger partial charge >= 0.3 is 0 Å². The fourth-order valence-electron chi connectivity index (χ4n) is 1.68. The number of benzene rings is 2. The van der Waals surface area contributed by atoms with Crippen molar-refractivity contribution in [2.75, 3.05) is 7.11 Å². The van der Waals surface area contributed by atoms with Crippen LogP contribution in [0.3, 0.4) is 0 Å². The molecule has 0 aliphatic rings. The molecular weight excluding hydrogens is 325 g/mol. The van der Waals surface area contributed by atoms with Gasteiger partial charge in [0, 0.05) is 4.47 Å². The highest BCUT2D eigenvalue weighted by Gasteiger charge is 2.07. The van der Waals surface area contributed by atoms with Crippen LogP contribution in [0.15, 0.2) is 40.9 Å². The topological polar surface area (TPSA) is 42.2 Å². The Kier molecular flexibility index (Phi) is 4.59. The lowest BCUT2D eigenvalue weighted by Gasteiger charge is -2.09. The molecular formula is C15H11BrFNO2. The molecule has 0 amide bonds. The van der Waals surface area contributed by atoms with Crippen molar-refractivity contribution in [3.8, 4) is 17.6 Å². The van der Waals surface area contributed by atoms with Crippen LogP contribution in [0.1, 0.15) is 11.1 Å². The lowest BCUT2D eigenvalue weighted by molar-refractivity contribution is 0.304. The Labute approximate surface area is 124 Å². The molecule has 0 aliphatic heterocycles. The molecule has 0 unspecified atom stereocenters. The Hall–Kier alpha value is -2.06. The van der Waals surface area contributed by atoms with Crippen LogP contribution in [-0.2, 0) is 6.61 Å². The van der Waals surface area contributed by atoms with Gasteiger partial charge in [0.25, 0.3) is 0 Å². The van der Waals surface area contributed by atoms with E-state index in [0.717, 1.165) is 4.47 Å². The van der Waals surface area contributed by atoms with Gasteiger partial charge in [-0.25, -0.2) is 4.39 Å². The molecule has 2 aromatic rings. The van der Waals surface area contributed by atoms with Crippen LogP contribution in [0.2, 0.25) is 0 Å². The SMILES string of the molecule is COc1ccc(COc2ccc(Br)cc2C#N)cc1F. The first-order chi connectivity index (χ1) is 9.63. The van der Waals surface area contributed by atoms with Gasteiger partial charge in [-0.2, -0.15) is 5.26 Å². The average molecular weight is 336 g/mol. The minimum Gasteiger partial charge on any atom is -0.494 e. The van der Waals surface area contributed by atoms with Gasteiger partial charge in [0.2, 0.25) is 0 Å². The quantitative estimate of drug-likeness (QED) is 0.846. The summed E-state index contributed by atoms with van der Waals surface area (Å²) < 4.78 is 24.7. The Morgan fingerprint density at radius 2 is 1.95 bits per heavy atom. The first kappa shape index (κ1) is 14.4. The van der Waals surface area contributed by atoms with Crippen molar-refractivity contribution in [1.29, 1.82) is 5.26 Å². The summed E-state index contributed by atoms with van der Waals surface area (Å²) in [6.45, 7) is 0.178. The third-order valence-corrected chi connectivity index (χ3v) is 3.17. The molecule has 0 saturated carbocycles. The highest BCUT2D eigenvalue weighted by molar-refractivity contribution is 9.10. The van der Waals surface area contributed by atoms with E-state index in [0.29, 0.717) is 16.9 Å². The Bertz CT molecular complexity index is 667. The average Bonchev–Trinajstić information content (AvgIpc) is 2.46. The summed E-state index contributed by atoms with van der Waals surface area (Å²) in [5.74, 6) is 0.215. The Balaban J connectivity index is 2.13. The van der Waals surface area contributed by atoms with E-state index in [1.165, 1.54) is 13.2 Å². The maximum atomic E-state index is 13.5. The molecule has 0 spiro atoms. The monoisotopic (exact) mass is 335 g/mol. The maximum absolute atomic E-state index is 13.5. The molecule has 0 aliphatic carbocycles. The highest BCUT2D eigenvalue weighted by Crippen LogP contribution is 2.24. The normalized spacial score (nSPS) is 9.90. The molecule has 0 saturated heterocycles. The van der Waals surface area contributed by atoms with Crippen LogP contribution in [0.4, 0.5) is 4.39 Å². The largest absolute Gasteiger partial charge is 0.494 e. The zero-order valence-corrected chi connectivity index (χ0v) is 12.3. The van der Waals surface area contributed by atoms with Gasteiger partial charge < -0.3 is 9.47 Å². The van der Waals surface area contributed by atoms with Crippen molar-refractivity contribution in [1.82, 2.24) is 0 Å². The second-order valence-electron chi connectivity index (χ2n) is 4.01.